The first-order chi connectivity index (χ1) is 10.7. The van der Waals surface area contributed by atoms with Crippen molar-refractivity contribution in [3.05, 3.63) is 53.5 Å². The smallest absolute Gasteiger partial charge is 0.222 e. The molecule has 1 aromatic carbocycles. The molecule has 1 atom stereocenters. The standard InChI is InChI=1S/C17H19FN2O2/c1-2-16(21)20-9-5-8-15(20)17-19-11-13(22-17)10-12-6-3-4-7-14(12)18/h3-4,6-7,11,15H,2,5,8-10H2,1H3/t15-/m0/s1. The molecule has 0 aliphatic carbocycles. The summed E-state index contributed by atoms with van der Waals surface area (Å²) in [7, 11) is 0. The van der Waals surface area contributed by atoms with Crippen molar-refractivity contribution >= 4 is 5.91 Å². The van der Waals surface area contributed by atoms with Crippen molar-refractivity contribution in [1.29, 1.82) is 0 Å². The summed E-state index contributed by atoms with van der Waals surface area (Å²) >= 11 is 0. The van der Waals surface area contributed by atoms with Crippen LogP contribution in [0.3, 0.4) is 0 Å². The van der Waals surface area contributed by atoms with Crippen molar-refractivity contribution < 1.29 is 13.6 Å². The molecule has 116 valence electrons. The van der Waals surface area contributed by atoms with Crippen LogP contribution in [0.4, 0.5) is 4.39 Å². The number of aromatic nitrogens is 1. The third-order valence-corrected chi connectivity index (χ3v) is 4.05. The van der Waals surface area contributed by atoms with Crippen molar-refractivity contribution in [3.8, 4) is 0 Å². The van der Waals surface area contributed by atoms with Crippen molar-refractivity contribution in [2.24, 2.45) is 0 Å². The lowest BCUT2D eigenvalue weighted by atomic mass is 10.1. The second kappa shape index (κ2) is 6.30. The maximum absolute atomic E-state index is 13.7. The van der Waals surface area contributed by atoms with Gasteiger partial charge in [0.15, 0.2) is 0 Å². The number of hydrogen-bond donors (Lipinski definition) is 0. The molecule has 0 radical (unpaired) electrons. The topological polar surface area (TPSA) is 46.3 Å². The van der Waals surface area contributed by atoms with E-state index in [1.807, 2.05) is 11.8 Å². The highest BCUT2D eigenvalue weighted by Crippen LogP contribution is 2.32. The molecule has 0 saturated carbocycles. The summed E-state index contributed by atoms with van der Waals surface area (Å²) in [5.41, 5.74) is 0.582. The molecule has 0 spiro atoms. The SMILES string of the molecule is CCC(=O)N1CCC[C@H]1c1ncc(Cc2ccccc2F)o1. The molecular formula is C17H19FN2O2. The Morgan fingerprint density at radius 1 is 1.45 bits per heavy atom. The van der Waals surface area contributed by atoms with Gasteiger partial charge in [-0.15, -0.1) is 0 Å². The Kier molecular flexibility index (Phi) is 4.22. The van der Waals surface area contributed by atoms with Crippen molar-refractivity contribution in [2.45, 2.75) is 38.6 Å². The number of carbonyl (C=O) groups excluding carboxylic acids is 1. The van der Waals surface area contributed by atoms with Gasteiger partial charge >= 0.3 is 0 Å². The summed E-state index contributed by atoms with van der Waals surface area (Å²) < 4.78 is 19.5. The van der Waals surface area contributed by atoms with Crippen LogP contribution in [0.5, 0.6) is 0 Å². The molecule has 1 saturated heterocycles. The Labute approximate surface area is 129 Å². The zero-order valence-electron chi connectivity index (χ0n) is 12.6. The van der Waals surface area contributed by atoms with Gasteiger partial charge in [0.1, 0.15) is 17.6 Å². The molecule has 4 nitrogen and oxygen atoms in total. The predicted octanol–water partition coefficient (Wildman–Crippen LogP) is 3.48. The Morgan fingerprint density at radius 2 is 2.27 bits per heavy atom. The van der Waals surface area contributed by atoms with Crippen LogP contribution in [0, 0.1) is 5.82 Å². The van der Waals surface area contributed by atoms with E-state index < -0.39 is 0 Å². The second-order valence-corrected chi connectivity index (χ2v) is 5.53. The number of rotatable bonds is 4. The minimum Gasteiger partial charge on any atom is -0.443 e. The van der Waals surface area contributed by atoms with Crippen molar-refractivity contribution in [3.63, 3.8) is 0 Å². The minimum atomic E-state index is -0.246. The van der Waals surface area contributed by atoms with Crippen LogP contribution >= 0.6 is 0 Å². The lowest BCUT2D eigenvalue weighted by molar-refractivity contribution is -0.132. The van der Waals surface area contributed by atoms with Gasteiger partial charge in [-0.25, -0.2) is 9.37 Å². The summed E-state index contributed by atoms with van der Waals surface area (Å²) in [6, 6.07) is 6.55. The summed E-state index contributed by atoms with van der Waals surface area (Å²) in [6.45, 7) is 2.61. The fraction of sp³-hybridized carbons (Fsp3) is 0.412. The van der Waals surface area contributed by atoms with Crippen LogP contribution in [0.1, 0.15) is 49.4 Å². The van der Waals surface area contributed by atoms with Gasteiger partial charge in [-0.2, -0.15) is 0 Å². The van der Waals surface area contributed by atoms with Crippen LogP contribution in [0.2, 0.25) is 0 Å². The average Bonchev–Trinajstić information content (AvgIpc) is 3.17. The molecule has 0 bridgehead atoms. The van der Waals surface area contributed by atoms with Gasteiger partial charge in [-0.05, 0) is 24.5 Å². The van der Waals surface area contributed by atoms with Crippen LogP contribution in [0.25, 0.3) is 0 Å². The van der Waals surface area contributed by atoms with Gasteiger partial charge in [0.2, 0.25) is 11.8 Å². The van der Waals surface area contributed by atoms with Crippen LogP contribution < -0.4 is 0 Å². The fourth-order valence-electron chi connectivity index (χ4n) is 2.91. The quantitative estimate of drug-likeness (QED) is 0.868. The Balaban J connectivity index is 1.76. The Morgan fingerprint density at radius 3 is 3.05 bits per heavy atom. The van der Waals surface area contributed by atoms with Crippen molar-refractivity contribution in [1.82, 2.24) is 9.88 Å². The first kappa shape index (κ1) is 14.8. The van der Waals surface area contributed by atoms with E-state index in [2.05, 4.69) is 4.98 Å². The number of amides is 1. The number of benzene rings is 1. The number of halogens is 1. The van der Waals surface area contributed by atoms with E-state index in [4.69, 9.17) is 4.42 Å². The first-order valence-corrected chi connectivity index (χ1v) is 7.66. The lowest BCUT2D eigenvalue weighted by Crippen LogP contribution is -2.29. The Bertz CT molecular complexity index is 668. The molecule has 2 heterocycles. The molecule has 1 amide bonds. The average molecular weight is 302 g/mol. The van der Waals surface area contributed by atoms with E-state index in [-0.39, 0.29) is 17.8 Å². The number of hydrogen-bond acceptors (Lipinski definition) is 3. The van der Waals surface area contributed by atoms with Crippen LogP contribution in [-0.2, 0) is 11.2 Å². The number of carbonyl (C=O) groups is 1. The largest absolute Gasteiger partial charge is 0.443 e. The van der Waals surface area contributed by atoms with Gasteiger partial charge in [0, 0.05) is 19.4 Å². The van der Waals surface area contributed by atoms with Gasteiger partial charge in [-0.3, -0.25) is 4.79 Å². The summed E-state index contributed by atoms with van der Waals surface area (Å²) in [6.07, 6.45) is 4.31. The number of nitrogens with zero attached hydrogens (tertiary/aromatic N) is 2. The molecular weight excluding hydrogens is 283 g/mol. The van der Waals surface area contributed by atoms with E-state index in [0.29, 0.717) is 30.1 Å². The lowest BCUT2D eigenvalue weighted by Gasteiger charge is -2.21. The summed E-state index contributed by atoms with van der Waals surface area (Å²) in [5, 5.41) is 0. The highest BCUT2D eigenvalue weighted by Gasteiger charge is 2.32. The van der Waals surface area contributed by atoms with Gasteiger partial charge < -0.3 is 9.32 Å². The van der Waals surface area contributed by atoms with Crippen molar-refractivity contribution in [2.75, 3.05) is 6.54 Å². The molecule has 1 fully saturated rings. The molecule has 2 aromatic rings. The molecule has 3 rings (SSSR count). The highest BCUT2D eigenvalue weighted by molar-refractivity contribution is 5.76. The third kappa shape index (κ3) is 2.89. The number of likely N-dealkylation sites (tertiary alicyclic amines) is 1. The van der Waals surface area contributed by atoms with Crippen LogP contribution in [0.15, 0.2) is 34.9 Å². The van der Waals surface area contributed by atoms with E-state index in [9.17, 15) is 9.18 Å². The first-order valence-electron chi connectivity index (χ1n) is 7.66. The zero-order valence-corrected chi connectivity index (χ0v) is 12.6. The summed E-state index contributed by atoms with van der Waals surface area (Å²) in [4.78, 5) is 18.1. The van der Waals surface area contributed by atoms with E-state index in [0.717, 1.165) is 19.4 Å². The van der Waals surface area contributed by atoms with E-state index in [1.54, 1.807) is 24.4 Å². The monoisotopic (exact) mass is 302 g/mol. The normalized spacial score (nSPS) is 17.9. The van der Waals surface area contributed by atoms with Crippen LogP contribution in [-0.4, -0.2) is 22.3 Å². The zero-order chi connectivity index (χ0) is 15.5. The van der Waals surface area contributed by atoms with Gasteiger partial charge in [0.05, 0.1) is 6.20 Å². The molecule has 22 heavy (non-hydrogen) atoms. The van der Waals surface area contributed by atoms with E-state index >= 15 is 0 Å². The third-order valence-electron chi connectivity index (χ3n) is 4.05. The highest BCUT2D eigenvalue weighted by atomic mass is 19.1. The van der Waals surface area contributed by atoms with Gasteiger partial charge in [0.25, 0.3) is 0 Å². The summed E-state index contributed by atoms with van der Waals surface area (Å²) in [5.74, 6) is 1.06. The molecule has 1 aromatic heterocycles. The second-order valence-electron chi connectivity index (χ2n) is 5.53. The number of oxazole rings is 1. The van der Waals surface area contributed by atoms with Gasteiger partial charge in [-0.1, -0.05) is 25.1 Å². The molecule has 5 heteroatoms. The molecule has 0 unspecified atom stereocenters. The Hall–Kier alpha value is -2.17. The maximum Gasteiger partial charge on any atom is 0.222 e. The van der Waals surface area contributed by atoms with E-state index in [1.165, 1.54) is 6.07 Å². The maximum atomic E-state index is 13.7. The molecule has 1 aliphatic rings. The predicted molar refractivity (Wildman–Crippen MR) is 79.7 cm³/mol. The molecule has 1 aliphatic heterocycles. The molecule has 0 N–H and O–H groups in total. The fourth-order valence-corrected chi connectivity index (χ4v) is 2.91. The minimum absolute atomic E-state index is 0.0816.